The average molecular weight is 174 g/mol. The van der Waals surface area contributed by atoms with Crippen molar-refractivity contribution in [1.82, 2.24) is 10.7 Å². The summed E-state index contributed by atoms with van der Waals surface area (Å²) in [4.78, 5) is 10.6. The highest BCUT2D eigenvalue weighted by molar-refractivity contribution is 7.80. The SMILES string of the molecule is CCC(=O)N/C=N/NC(N)=S. The molecule has 0 aliphatic rings. The van der Waals surface area contributed by atoms with Crippen LogP contribution in [0.5, 0.6) is 0 Å². The second kappa shape index (κ2) is 5.60. The molecule has 11 heavy (non-hydrogen) atoms. The second-order valence-corrected chi connectivity index (χ2v) is 2.10. The summed E-state index contributed by atoms with van der Waals surface area (Å²) in [5.74, 6) is -0.113. The molecular formula is C5H10N4OS. The van der Waals surface area contributed by atoms with Crippen LogP contribution in [0.1, 0.15) is 13.3 Å². The van der Waals surface area contributed by atoms with Gasteiger partial charge in [-0.3, -0.25) is 10.2 Å². The van der Waals surface area contributed by atoms with Gasteiger partial charge in [-0.15, -0.1) is 0 Å². The lowest BCUT2D eigenvalue weighted by Gasteiger charge is -1.94. The number of hydrazone groups is 1. The molecule has 0 bridgehead atoms. The topological polar surface area (TPSA) is 79.5 Å². The van der Waals surface area contributed by atoms with E-state index in [1.165, 1.54) is 6.34 Å². The van der Waals surface area contributed by atoms with Crippen LogP contribution in [-0.2, 0) is 4.79 Å². The average Bonchev–Trinajstić information content (AvgIpc) is 1.97. The summed E-state index contributed by atoms with van der Waals surface area (Å²) in [7, 11) is 0. The van der Waals surface area contributed by atoms with Crippen LogP contribution in [0.25, 0.3) is 0 Å². The minimum absolute atomic E-state index is 0.0620. The molecule has 5 nitrogen and oxygen atoms in total. The van der Waals surface area contributed by atoms with Gasteiger partial charge in [0.25, 0.3) is 0 Å². The first-order chi connectivity index (χ1) is 5.16. The molecule has 0 aromatic heterocycles. The maximum atomic E-state index is 10.6. The van der Waals surface area contributed by atoms with Gasteiger partial charge in [-0.1, -0.05) is 6.92 Å². The van der Waals surface area contributed by atoms with Crippen molar-refractivity contribution in [1.29, 1.82) is 0 Å². The first-order valence-electron chi connectivity index (χ1n) is 3.03. The summed E-state index contributed by atoms with van der Waals surface area (Å²) in [5, 5.41) is 5.93. The largest absolute Gasteiger partial charge is 0.375 e. The number of carbonyl (C=O) groups excluding carboxylic acids is 1. The molecule has 0 unspecified atom stereocenters. The lowest BCUT2D eigenvalue weighted by molar-refractivity contribution is -0.119. The van der Waals surface area contributed by atoms with Crippen LogP contribution in [0.4, 0.5) is 0 Å². The van der Waals surface area contributed by atoms with Crippen LogP contribution in [0.2, 0.25) is 0 Å². The summed E-state index contributed by atoms with van der Waals surface area (Å²) >= 11 is 4.44. The molecule has 1 amide bonds. The van der Waals surface area contributed by atoms with Crippen molar-refractivity contribution < 1.29 is 4.79 Å². The third kappa shape index (κ3) is 6.72. The van der Waals surface area contributed by atoms with Crippen molar-refractivity contribution in [3.63, 3.8) is 0 Å². The van der Waals surface area contributed by atoms with Gasteiger partial charge >= 0.3 is 0 Å². The van der Waals surface area contributed by atoms with Gasteiger partial charge in [-0.25, -0.2) is 0 Å². The number of nitrogens with two attached hydrogens (primary N) is 1. The molecule has 62 valence electrons. The molecule has 6 heteroatoms. The maximum Gasteiger partial charge on any atom is 0.224 e. The quantitative estimate of drug-likeness (QED) is 0.228. The Labute approximate surface area is 70.0 Å². The van der Waals surface area contributed by atoms with Crippen LogP contribution in [-0.4, -0.2) is 17.4 Å². The van der Waals surface area contributed by atoms with E-state index < -0.39 is 0 Å². The number of nitrogens with one attached hydrogen (secondary N) is 2. The maximum absolute atomic E-state index is 10.6. The molecule has 0 radical (unpaired) electrons. The molecule has 0 fully saturated rings. The number of rotatable bonds is 3. The van der Waals surface area contributed by atoms with Gasteiger partial charge in [0, 0.05) is 6.42 Å². The van der Waals surface area contributed by atoms with Gasteiger partial charge in [-0.2, -0.15) is 5.10 Å². The van der Waals surface area contributed by atoms with Crippen LogP contribution in [0.3, 0.4) is 0 Å². The highest BCUT2D eigenvalue weighted by Gasteiger charge is 1.89. The van der Waals surface area contributed by atoms with E-state index in [0.29, 0.717) is 6.42 Å². The molecule has 0 aromatic rings. The van der Waals surface area contributed by atoms with Gasteiger partial charge < -0.3 is 11.1 Å². The zero-order valence-electron chi connectivity index (χ0n) is 6.13. The molecule has 0 aliphatic carbocycles. The molecule has 0 spiro atoms. The second-order valence-electron chi connectivity index (χ2n) is 1.66. The van der Waals surface area contributed by atoms with Gasteiger partial charge in [0.05, 0.1) is 0 Å². The minimum Gasteiger partial charge on any atom is -0.375 e. The Hall–Kier alpha value is -1.17. The lowest BCUT2D eigenvalue weighted by Crippen LogP contribution is -2.27. The zero-order chi connectivity index (χ0) is 8.69. The van der Waals surface area contributed by atoms with Crippen LogP contribution < -0.4 is 16.5 Å². The number of thiocarbonyl (C=S) groups is 1. The zero-order valence-corrected chi connectivity index (χ0v) is 6.94. The first kappa shape index (κ1) is 9.83. The van der Waals surface area contributed by atoms with Crippen molar-refractivity contribution in [3.05, 3.63) is 0 Å². The Balaban J connectivity index is 3.44. The number of hydrogen-bond acceptors (Lipinski definition) is 3. The van der Waals surface area contributed by atoms with E-state index >= 15 is 0 Å². The van der Waals surface area contributed by atoms with E-state index in [2.05, 4.69) is 28.1 Å². The molecule has 0 heterocycles. The smallest absolute Gasteiger partial charge is 0.224 e. The number of nitrogens with zero attached hydrogens (tertiary/aromatic N) is 1. The number of amides is 1. The van der Waals surface area contributed by atoms with Gasteiger partial charge in [-0.05, 0) is 12.2 Å². The predicted octanol–water partition coefficient (Wildman–Crippen LogP) is -0.711. The van der Waals surface area contributed by atoms with E-state index in [-0.39, 0.29) is 11.0 Å². The van der Waals surface area contributed by atoms with E-state index in [1.54, 1.807) is 6.92 Å². The van der Waals surface area contributed by atoms with Crippen LogP contribution in [0, 0.1) is 0 Å². The minimum atomic E-state index is -0.113. The fourth-order valence-corrected chi connectivity index (χ4v) is 0.355. The monoisotopic (exact) mass is 174 g/mol. The molecule has 0 rings (SSSR count). The van der Waals surface area contributed by atoms with Gasteiger partial charge in [0.2, 0.25) is 5.91 Å². The van der Waals surface area contributed by atoms with Crippen molar-refractivity contribution in [2.75, 3.05) is 0 Å². The molecule has 0 aliphatic heterocycles. The fourth-order valence-electron chi connectivity index (χ4n) is 0.302. The van der Waals surface area contributed by atoms with E-state index in [1.807, 2.05) is 0 Å². The highest BCUT2D eigenvalue weighted by atomic mass is 32.1. The summed E-state index contributed by atoms with van der Waals surface area (Å²) in [6.07, 6.45) is 1.62. The van der Waals surface area contributed by atoms with Crippen molar-refractivity contribution in [2.24, 2.45) is 10.8 Å². The molecule has 0 saturated heterocycles. The Bertz CT molecular complexity index is 179. The first-order valence-corrected chi connectivity index (χ1v) is 3.44. The molecule has 0 aromatic carbocycles. The number of hydrogen-bond donors (Lipinski definition) is 3. The van der Waals surface area contributed by atoms with Gasteiger partial charge in [0.1, 0.15) is 6.34 Å². The lowest BCUT2D eigenvalue weighted by atomic mass is 10.5. The third-order valence-corrected chi connectivity index (χ3v) is 0.877. The van der Waals surface area contributed by atoms with Crippen molar-refractivity contribution >= 4 is 29.6 Å². The number of carbonyl (C=O) groups is 1. The Morgan fingerprint density at radius 1 is 1.82 bits per heavy atom. The molecule has 4 N–H and O–H groups in total. The van der Waals surface area contributed by atoms with E-state index in [0.717, 1.165) is 0 Å². The molecular weight excluding hydrogens is 164 g/mol. The molecule has 0 saturated carbocycles. The summed E-state index contributed by atoms with van der Waals surface area (Å²) in [6, 6.07) is 0. The highest BCUT2D eigenvalue weighted by Crippen LogP contribution is 1.70. The Kier molecular flexibility index (Phi) is 5.01. The predicted molar refractivity (Wildman–Crippen MR) is 46.8 cm³/mol. The standard InChI is InChI=1S/C5H10N4OS/c1-2-4(10)7-3-8-9-5(6)11/h3H,2H2,1H3,(H3,6,9,11)(H,7,8,10). The van der Waals surface area contributed by atoms with Crippen LogP contribution in [0.15, 0.2) is 5.10 Å². The van der Waals surface area contributed by atoms with Crippen molar-refractivity contribution in [2.45, 2.75) is 13.3 Å². The van der Waals surface area contributed by atoms with Crippen molar-refractivity contribution in [3.8, 4) is 0 Å². The normalized spacial score (nSPS) is 9.55. The summed E-state index contributed by atoms with van der Waals surface area (Å²) in [6.45, 7) is 1.74. The van der Waals surface area contributed by atoms with Crippen LogP contribution >= 0.6 is 12.2 Å². The summed E-state index contributed by atoms with van der Waals surface area (Å²) in [5.41, 5.74) is 7.32. The molecule has 0 atom stereocenters. The van der Waals surface area contributed by atoms with Gasteiger partial charge in [0.15, 0.2) is 5.11 Å². The Morgan fingerprint density at radius 2 is 2.45 bits per heavy atom. The fraction of sp³-hybridized carbons (Fsp3) is 0.400. The Morgan fingerprint density at radius 3 is 2.91 bits per heavy atom. The third-order valence-electron chi connectivity index (χ3n) is 0.786. The van der Waals surface area contributed by atoms with E-state index in [4.69, 9.17) is 5.73 Å². The van der Waals surface area contributed by atoms with E-state index in [9.17, 15) is 4.79 Å². The summed E-state index contributed by atoms with van der Waals surface area (Å²) < 4.78 is 0.